The molecule has 0 spiro atoms. The number of amides is 1. The Kier molecular flexibility index (Phi) is 7.08. The molecule has 0 bridgehead atoms. The maximum absolute atomic E-state index is 12.3. The van der Waals surface area contributed by atoms with Gasteiger partial charge < -0.3 is 32.3 Å². The summed E-state index contributed by atoms with van der Waals surface area (Å²) in [5, 5.41) is 23.5. The highest BCUT2D eigenvalue weighted by atomic mass is 16.4. The molecule has 2 heterocycles. The van der Waals surface area contributed by atoms with Crippen LogP contribution in [0.1, 0.15) is 40.7 Å². The van der Waals surface area contributed by atoms with Crippen LogP contribution in [0.5, 0.6) is 0 Å². The Morgan fingerprint density at radius 1 is 1.16 bits per heavy atom. The van der Waals surface area contributed by atoms with Crippen molar-refractivity contribution in [3.05, 3.63) is 41.0 Å². The van der Waals surface area contributed by atoms with Gasteiger partial charge in [0.2, 0.25) is 5.95 Å². The number of benzene rings is 1. The summed E-state index contributed by atoms with van der Waals surface area (Å²) in [6, 6.07) is 5.65. The predicted molar refractivity (Wildman–Crippen MR) is 117 cm³/mol. The van der Waals surface area contributed by atoms with Crippen LogP contribution >= 0.6 is 0 Å². The van der Waals surface area contributed by atoms with Crippen molar-refractivity contribution in [3.8, 4) is 0 Å². The quantitative estimate of drug-likeness (QED) is 0.325. The number of aromatic nitrogens is 2. The van der Waals surface area contributed by atoms with Gasteiger partial charge in [-0.15, -0.1) is 0 Å². The van der Waals surface area contributed by atoms with E-state index in [2.05, 4.69) is 20.6 Å². The summed E-state index contributed by atoms with van der Waals surface area (Å²) in [5.74, 6) is -1.39. The highest BCUT2D eigenvalue weighted by Crippen LogP contribution is 2.29. The molecule has 2 atom stereocenters. The van der Waals surface area contributed by atoms with Gasteiger partial charge in [0.05, 0.1) is 0 Å². The normalized spacial score (nSPS) is 15.8. The number of hydrogen-bond acceptors (Lipinski definition) is 8. The summed E-state index contributed by atoms with van der Waals surface area (Å²) >= 11 is 0. The van der Waals surface area contributed by atoms with Crippen LogP contribution < -0.4 is 22.1 Å². The van der Waals surface area contributed by atoms with Gasteiger partial charge in [0, 0.05) is 24.1 Å². The Morgan fingerprint density at radius 3 is 2.53 bits per heavy atom. The molecule has 0 radical (unpaired) electrons. The van der Waals surface area contributed by atoms with Crippen LogP contribution in [0.3, 0.4) is 0 Å². The fourth-order valence-electron chi connectivity index (χ4n) is 3.63. The van der Waals surface area contributed by atoms with E-state index in [9.17, 15) is 19.5 Å². The van der Waals surface area contributed by atoms with Crippen LogP contribution in [-0.2, 0) is 22.4 Å². The molecule has 11 heteroatoms. The smallest absolute Gasteiger partial charge is 0.326 e. The van der Waals surface area contributed by atoms with Gasteiger partial charge in [-0.3, -0.25) is 9.59 Å². The average Bonchev–Trinajstić information content (AvgIpc) is 2.75. The largest absolute Gasteiger partial charge is 0.481 e. The van der Waals surface area contributed by atoms with Crippen LogP contribution in [0.2, 0.25) is 0 Å². The Bertz CT molecular complexity index is 1010. The average molecular weight is 442 g/mol. The van der Waals surface area contributed by atoms with E-state index >= 15 is 0 Å². The minimum absolute atomic E-state index is 0.146. The topological polar surface area (TPSA) is 194 Å². The maximum Gasteiger partial charge on any atom is 0.326 e. The molecule has 32 heavy (non-hydrogen) atoms. The summed E-state index contributed by atoms with van der Waals surface area (Å²) in [4.78, 5) is 42.4. The molecule has 8 N–H and O–H groups in total. The number of nitrogen functional groups attached to an aromatic ring is 2. The first-order valence-corrected chi connectivity index (χ1v) is 10.2. The molecule has 1 unspecified atom stereocenters. The summed E-state index contributed by atoms with van der Waals surface area (Å²) < 4.78 is 0. The molecule has 170 valence electrons. The van der Waals surface area contributed by atoms with E-state index in [0.29, 0.717) is 23.1 Å². The molecular weight excluding hydrogens is 416 g/mol. The first-order valence-electron chi connectivity index (χ1n) is 10.2. The van der Waals surface area contributed by atoms with E-state index in [1.54, 1.807) is 12.1 Å². The predicted octanol–water partition coefficient (Wildman–Crippen LogP) is 0.906. The molecule has 1 aliphatic rings. The van der Waals surface area contributed by atoms with E-state index in [1.165, 1.54) is 0 Å². The molecule has 0 saturated carbocycles. The van der Waals surface area contributed by atoms with E-state index in [4.69, 9.17) is 16.6 Å². The molecule has 3 rings (SSSR count). The lowest BCUT2D eigenvalue weighted by Crippen LogP contribution is -2.41. The molecule has 1 aromatic carbocycles. The van der Waals surface area contributed by atoms with Gasteiger partial charge in [0.1, 0.15) is 17.7 Å². The number of hydrogen-bond donors (Lipinski definition) is 6. The van der Waals surface area contributed by atoms with Gasteiger partial charge >= 0.3 is 11.9 Å². The summed E-state index contributed by atoms with van der Waals surface area (Å²) in [7, 11) is 0. The van der Waals surface area contributed by atoms with Crippen molar-refractivity contribution in [2.75, 3.05) is 23.3 Å². The number of carbonyl (C=O) groups is 3. The number of fused-ring (bicyclic) bond motifs is 1. The third-order valence-electron chi connectivity index (χ3n) is 5.42. The lowest BCUT2D eigenvalue weighted by atomic mass is 9.90. The second-order valence-electron chi connectivity index (χ2n) is 7.78. The van der Waals surface area contributed by atoms with Gasteiger partial charge in [0.15, 0.2) is 0 Å². The fourth-order valence-corrected chi connectivity index (χ4v) is 3.63. The SMILES string of the molecule is Nc1nc(N)c2c(n1)NCC(CCc1ccc(C(=O)N[C@@H](CCC(=O)O)C(=O)O)cc1)C2. The monoisotopic (exact) mass is 442 g/mol. The Hall–Kier alpha value is -3.89. The number of carbonyl (C=O) groups excluding carboxylic acids is 1. The minimum Gasteiger partial charge on any atom is -0.481 e. The second-order valence-corrected chi connectivity index (χ2v) is 7.78. The molecule has 11 nitrogen and oxygen atoms in total. The lowest BCUT2D eigenvalue weighted by Gasteiger charge is -2.26. The lowest BCUT2D eigenvalue weighted by molar-refractivity contribution is -0.140. The molecule has 0 fully saturated rings. The Labute approximate surface area is 184 Å². The Morgan fingerprint density at radius 2 is 1.88 bits per heavy atom. The zero-order valence-electron chi connectivity index (χ0n) is 17.4. The van der Waals surface area contributed by atoms with Crippen molar-refractivity contribution in [2.24, 2.45) is 5.92 Å². The van der Waals surface area contributed by atoms with Crippen LogP contribution in [0.15, 0.2) is 24.3 Å². The standard InChI is InChI=1S/C21H26N6O5/c22-17-14-9-12(10-24-18(14)27-21(23)26-17)2-1-11-3-5-13(6-4-11)19(30)25-15(20(31)32)7-8-16(28)29/h3-6,12,15H,1-2,7-10H2,(H,25,30)(H,28,29)(H,31,32)(H5,22,23,24,26,27)/t12?,15-/m0/s1. The summed E-state index contributed by atoms with van der Waals surface area (Å²) in [5.41, 5.74) is 13.8. The van der Waals surface area contributed by atoms with Gasteiger partial charge in [-0.05, 0) is 49.3 Å². The zero-order chi connectivity index (χ0) is 23.3. The summed E-state index contributed by atoms with van der Waals surface area (Å²) in [6.07, 6.45) is 1.90. The zero-order valence-corrected chi connectivity index (χ0v) is 17.4. The van der Waals surface area contributed by atoms with Gasteiger partial charge in [-0.25, -0.2) is 4.79 Å². The number of carboxylic acid groups (broad SMARTS) is 2. The van der Waals surface area contributed by atoms with Gasteiger partial charge in [-0.1, -0.05) is 12.1 Å². The van der Waals surface area contributed by atoms with Gasteiger partial charge in [0.25, 0.3) is 5.91 Å². The minimum atomic E-state index is -1.27. The molecule has 1 aliphatic heterocycles. The number of aliphatic carboxylic acids is 2. The number of nitrogens with zero attached hydrogens (tertiary/aromatic N) is 2. The highest BCUT2D eigenvalue weighted by Gasteiger charge is 2.23. The van der Waals surface area contributed by atoms with E-state index in [1.807, 2.05) is 12.1 Å². The van der Waals surface area contributed by atoms with Crippen molar-refractivity contribution >= 4 is 35.4 Å². The molecule has 0 saturated heterocycles. The van der Waals surface area contributed by atoms with E-state index in [-0.39, 0.29) is 18.8 Å². The van der Waals surface area contributed by atoms with Crippen LogP contribution in [-0.4, -0.2) is 50.6 Å². The number of nitrogens with one attached hydrogen (secondary N) is 2. The Balaban J connectivity index is 1.54. The molecular formula is C21H26N6O5. The fraction of sp³-hybridized carbons (Fsp3) is 0.381. The maximum atomic E-state index is 12.3. The van der Waals surface area contributed by atoms with Gasteiger partial charge in [-0.2, -0.15) is 9.97 Å². The van der Waals surface area contributed by atoms with Crippen LogP contribution in [0.4, 0.5) is 17.6 Å². The van der Waals surface area contributed by atoms with Crippen LogP contribution in [0.25, 0.3) is 0 Å². The molecule has 0 aliphatic carbocycles. The first-order chi connectivity index (χ1) is 15.2. The van der Waals surface area contributed by atoms with Crippen molar-refractivity contribution in [2.45, 2.75) is 38.1 Å². The highest BCUT2D eigenvalue weighted by molar-refractivity contribution is 5.96. The number of aryl methyl sites for hydroxylation is 1. The van der Waals surface area contributed by atoms with E-state index < -0.39 is 23.9 Å². The second kappa shape index (κ2) is 9.94. The van der Waals surface area contributed by atoms with Crippen molar-refractivity contribution in [3.63, 3.8) is 0 Å². The van der Waals surface area contributed by atoms with E-state index in [0.717, 1.165) is 36.9 Å². The third-order valence-corrected chi connectivity index (χ3v) is 5.42. The molecule has 1 aromatic heterocycles. The van der Waals surface area contributed by atoms with Crippen molar-refractivity contribution in [1.82, 2.24) is 15.3 Å². The number of rotatable bonds is 9. The number of carboxylic acids is 2. The number of anilines is 3. The number of nitrogens with two attached hydrogens (primary N) is 2. The molecule has 1 amide bonds. The third kappa shape index (κ3) is 5.84. The molecule has 2 aromatic rings. The van der Waals surface area contributed by atoms with Crippen molar-refractivity contribution < 1.29 is 24.6 Å². The van der Waals surface area contributed by atoms with Crippen molar-refractivity contribution in [1.29, 1.82) is 0 Å². The first kappa shape index (κ1) is 22.8. The van der Waals surface area contributed by atoms with Crippen LogP contribution in [0, 0.1) is 5.92 Å². The summed E-state index contributed by atoms with van der Waals surface area (Å²) in [6.45, 7) is 0.746.